The van der Waals surface area contributed by atoms with Crippen molar-refractivity contribution in [1.29, 1.82) is 0 Å². The molecule has 2 heterocycles. The Bertz CT molecular complexity index is 1090. The van der Waals surface area contributed by atoms with E-state index in [9.17, 15) is 19.7 Å². The Morgan fingerprint density at radius 1 is 1.15 bits per heavy atom. The molecule has 1 saturated heterocycles. The first-order valence-corrected chi connectivity index (χ1v) is 11.2. The van der Waals surface area contributed by atoms with Gasteiger partial charge in [0.25, 0.3) is 5.69 Å². The highest BCUT2D eigenvalue weighted by Gasteiger charge is 2.52. The minimum absolute atomic E-state index is 0.0100. The lowest BCUT2D eigenvalue weighted by Gasteiger charge is -2.39. The summed E-state index contributed by atoms with van der Waals surface area (Å²) < 4.78 is 5.66. The van der Waals surface area contributed by atoms with E-state index in [1.165, 1.54) is 12.1 Å². The van der Waals surface area contributed by atoms with Gasteiger partial charge < -0.3 is 9.64 Å². The van der Waals surface area contributed by atoms with Gasteiger partial charge in [-0.25, -0.2) is 4.79 Å². The minimum atomic E-state index is -0.727. The van der Waals surface area contributed by atoms with Gasteiger partial charge in [-0.15, -0.1) is 0 Å². The molecule has 0 aliphatic carbocycles. The zero-order valence-electron chi connectivity index (χ0n) is 20.7. The quantitative estimate of drug-likeness (QED) is 0.478. The first-order valence-electron chi connectivity index (χ1n) is 11.2. The molecular weight excluding hydrogens is 436 g/mol. The molecular formula is C25H32N4O5. The van der Waals surface area contributed by atoms with E-state index < -0.39 is 28.8 Å². The number of ether oxygens (including phenoxy) is 1. The van der Waals surface area contributed by atoms with Gasteiger partial charge in [0.15, 0.2) is 0 Å². The molecule has 0 radical (unpaired) electrons. The summed E-state index contributed by atoms with van der Waals surface area (Å²) in [4.78, 5) is 44.6. The van der Waals surface area contributed by atoms with Gasteiger partial charge >= 0.3 is 6.09 Å². The van der Waals surface area contributed by atoms with Crippen molar-refractivity contribution >= 4 is 17.7 Å². The van der Waals surface area contributed by atoms with E-state index in [0.717, 1.165) is 5.56 Å². The predicted octanol–water partition coefficient (Wildman–Crippen LogP) is 4.65. The fraction of sp³-hybridized carbons (Fsp3) is 0.480. The Morgan fingerprint density at radius 3 is 2.35 bits per heavy atom. The van der Waals surface area contributed by atoms with Crippen LogP contribution >= 0.6 is 0 Å². The van der Waals surface area contributed by atoms with Crippen molar-refractivity contribution in [2.45, 2.75) is 65.8 Å². The number of amides is 2. The highest BCUT2D eigenvalue weighted by Crippen LogP contribution is 2.36. The van der Waals surface area contributed by atoms with Crippen LogP contribution in [0.15, 0.2) is 42.6 Å². The number of likely N-dealkylation sites (N-methyl/N-ethyl adjacent to an activating group) is 1. The van der Waals surface area contributed by atoms with Crippen molar-refractivity contribution < 1.29 is 19.2 Å². The zero-order chi connectivity index (χ0) is 25.4. The highest BCUT2D eigenvalue weighted by atomic mass is 16.6. The second-order valence-electron chi connectivity index (χ2n) is 10.7. The summed E-state index contributed by atoms with van der Waals surface area (Å²) in [6.07, 6.45) is 0.921. The number of pyridine rings is 1. The number of non-ortho nitro benzene ring substituents is 1. The fourth-order valence-electron chi connectivity index (χ4n) is 4.28. The van der Waals surface area contributed by atoms with E-state index in [0.29, 0.717) is 11.3 Å². The van der Waals surface area contributed by atoms with Crippen LogP contribution in [0.2, 0.25) is 0 Å². The van der Waals surface area contributed by atoms with Crippen LogP contribution in [0.5, 0.6) is 0 Å². The topological polar surface area (TPSA) is 106 Å². The smallest absolute Gasteiger partial charge is 0.412 e. The Labute approximate surface area is 199 Å². The molecule has 0 unspecified atom stereocenters. The average molecular weight is 469 g/mol. The van der Waals surface area contributed by atoms with E-state index in [2.05, 4.69) is 4.98 Å². The Balaban J connectivity index is 1.90. The van der Waals surface area contributed by atoms with Gasteiger partial charge in [0.2, 0.25) is 5.91 Å². The van der Waals surface area contributed by atoms with Crippen LogP contribution in [0.4, 0.5) is 10.5 Å². The summed E-state index contributed by atoms with van der Waals surface area (Å²) in [5.41, 5.74) is 0.878. The van der Waals surface area contributed by atoms with Crippen molar-refractivity contribution in [2.75, 3.05) is 7.05 Å². The predicted molar refractivity (Wildman–Crippen MR) is 128 cm³/mol. The largest absolute Gasteiger partial charge is 0.444 e. The monoisotopic (exact) mass is 468 g/mol. The third-order valence-corrected chi connectivity index (χ3v) is 5.58. The molecule has 1 fully saturated rings. The molecule has 1 aliphatic rings. The van der Waals surface area contributed by atoms with Gasteiger partial charge in [-0.05, 0) is 32.4 Å². The molecule has 34 heavy (non-hydrogen) atoms. The third-order valence-electron chi connectivity index (χ3n) is 5.58. The number of hydrogen-bond donors (Lipinski definition) is 0. The molecule has 2 amide bonds. The first-order chi connectivity index (χ1) is 15.7. The van der Waals surface area contributed by atoms with E-state index in [1.54, 1.807) is 62.0 Å². The number of nitro benzene ring substituents is 1. The first kappa shape index (κ1) is 25.1. The van der Waals surface area contributed by atoms with Crippen LogP contribution in [0, 0.1) is 15.5 Å². The van der Waals surface area contributed by atoms with Crippen molar-refractivity contribution in [1.82, 2.24) is 14.8 Å². The van der Waals surface area contributed by atoms with Crippen molar-refractivity contribution in [2.24, 2.45) is 5.41 Å². The molecule has 0 bridgehead atoms. The summed E-state index contributed by atoms with van der Waals surface area (Å²) in [5, 5.41) is 11.1. The minimum Gasteiger partial charge on any atom is -0.444 e. The van der Waals surface area contributed by atoms with E-state index >= 15 is 0 Å². The summed E-state index contributed by atoms with van der Waals surface area (Å²) in [5.74, 6) is -0.159. The summed E-state index contributed by atoms with van der Waals surface area (Å²) in [6, 6.07) is 9.12. The van der Waals surface area contributed by atoms with Gasteiger partial charge in [-0.1, -0.05) is 39.0 Å². The van der Waals surface area contributed by atoms with Crippen LogP contribution in [0.3, 0.4) is 0 Å². The van der Waals surface area contributed by atoms with Gasteiger partial charge in [0.1, 0.15) is 17.8 Å². The second-order valence-corrected chi connectivity index (χ2v) is 10.7. The van der Waals surface area contributed by atoms with Crippen molar-refractivity contribution in [3.63, 3.8) is 0 Å². The normalized spacial score (nSPS) is 18.9. The van der Waals surface area contributed by atoms with Gasteiger partial charge in [-0.3, -0.25) is 24.8 Å². The van der Waals surface area contributed by atoms with E-state index in [4.69, 9.17) is 4.74 Å². The Kier molecular flexibility index (Phi) is 6.68. The molecule has 1 aliphatic heterocycles. The maximum atomic E-state index is 13.2. The molecule has 9 heteroatoms. The Hall–Kier alpha value is -3.49. The maximum Gasteiger partial charge on any atom is 0.412 e. The van der Waals surface area contributed by atoms with Gasteiger partial charge in [0.05, 0.1) is 10.6 Å². The lowest BCUT2D eigenvalue weighted by Crippen LogP contribution is -2.52. The molecule has 9 nitrogen and oxygen atoms in total. The summed E-state index contributed by atoms with van der Waals surface area (Å²) >= 11 is 0. The van der Waals surface area contributed by atoms with Crippen LogP contribution in [0.25, 0.3) is 11.3 Å². The SMILES string of the molecule is CN1C(=O)[C@H](Cc2ccc(-c3cccc([N+](=O)[O-])c3)nc2)N(C(=O)OC(C)(C)C)[C@H]1C(C)(C)C. The average Bonchev–Trinajstić information content (AvgIpc) is 2.98. The number of nitro groups is 1. The molecule has 2 aromatic rings. The molecule has 1 aromatic heterocycles. The van der Waals surface area contributed by atoms with Crippen molar-refractivity contribution in [3.8, 4) is 11.3 Å². The summed E-state index contributed by atoms with van der Waals surface area (Å²) in [6.45, 7) is 11.3. The number of benzene rings is 1. The second kappa shape index (κ2) is 9.04. The molecule has 1 aromatic carbocycles. The lowest BCUT2D eigenvalue weighted by atomic mass is 9.91. The van der Waals surface area contributed by atoms with E-state index in [1.807, 2.05) is 26.8 Å². The van der Waals surface area contributed by atoms with Crippen LogP contribution in [-0.4, -0.2) is 56.6 Å². The van der Waals surface area contributed by atoms with Gasteiger partial charge in [0, 0.05) is 42.8 Å². The van der Waals surface area contributed by atoms with Crippen LogP contribution in [0.1, 0.15) is 47.1 Å². The number of carbonyl (C=O) groups is 2. The number of hydrogen-bond acceptors (Lipinski definition) is 6. The fourth-order valence-corrected chi connectivity index (χ4v) is 4.28. The lowest BCUT2D eigenvalue weighted by molar-refractivity contribution is -0.384. The maximum absolute atomic E-state index is 13.2. The third kappa shape index (κ3) is 5.35. The highest BCUT2D eigenvalue weighted by molar-refractivity contribution is 5.89. The molecule has 0 saturated carbocycles. The molecule has 3 rings (SSSR count). The molecule has 0 N–H and O–H groups in total. The number of rotatable bonds is 4. The zero-order valence-corrected chi connectivity index (χ0v) is 20.7. The molecule has 2 atom stereocenters. The number of nitrogens with zero attached hydrogens (tertiary/aromatic N) is 4. The molecule has 182 valence electrons. The number of carbonyl (C=O) groups excluding carboxylic acids is 2. The van der Waals surface area contributed by atoms with Crippen molar-refractivity contribution in [3.05, 3.63) is 58.3 Å². The standard InChI is InChI=1S/C25H32N4O5/c1-24(2,3)22-27(7)21(30)20(28(22)23(31)34-25(4,5)6)13-16-11-12-19(26-15-16)17-9-8-10-18(14-17)29(32)33/h8-12,14-15,20,22H,13H2,1-7H3/t20-,22-/m0/s1. The van der Waals surface area contributed by atoms with Gasteiger partial charge in [-0.2, -0.15) is 0 Å². The molecule has 0 spiro atoms. The Morgan fingerprint density at radius 2 is 1.82 bits per heavy atom. The van der Waals surface area contributed by atoms with Crippen LogP contribution in [-0.2, 0) is 16.0 Å². The number of aromatic nitrogens is 1. The van der Waals surface area contributed by atoms with E-state index in [-0.39, 0.29) is 23.4 Å². The summed E-state index contributed by atoms with van der Waals surface area (Å²) in [7, 11) is 1.71. The van der Waals surface area contributed by atoms with Crippen LogP contribution < -0.4 is 0 Å².